The van der Waals surface area contributed by atoms with Gasteiger partial charge in [0.1, 0.15) is 0 Å². The first kappa shape index (κ1) is 12.4. The van der Waals surface area contributed by atoms with Gasteiger partial charge < -0.3 is 11.1 Å². The molecule has 4 nitrogen and oxygen atoms in total. The van der Waals surface area contributed by atoms with Gasteiger partial charge in [-0.25, -0.2) is 8.42 Å². The predicted octanol–water partition coefficient (Wildman–Crippen LogP) is 1.22. The van der Waals surface area contributed by atoms with Gasteiger partial charge in [-0.05, 0) is 38.0 Å². The molecule has 0 fully saturated rings. The van der Waals surface area contributed by atoms with E-state index in [1.165, 1.54) is 0 Å². The van der Waals surface area contributed by atoms with Gasteiger partial charge in [-0.15, -0.1) is 0 Å². The van der Waals surface area contributed by atoms with Crippen molar-refractivity contribution in [2.75, 3.05) is 11.9 Å². The van der Waals surface area contributed by atoms with E-state index >= 15 is 0 Å². The van der Waals surface area contributed by atoms with Crippen LogP contribution in [0.3, 0.4) is 0 Å². The van der Waals surface area contributed by atoms with Gasteiger partial charge in [-0.1, -0.05) is 6.07 Å². The molecule has 1 aliphatic rings. The fourth-order valence-electron chi connectivity index (χ4n) is 2.53. The summed E-state index contributed by atoms with van der Waals surface area (Å²) in [6, 6.07) is 3.61. The highest BCUT2D eigenvalue weighted by atomic mass is 32.2. The monoisotopic (exact) mass is 254 g/mol. The number of rotatable bonds is 1. The second-order valence-corrected chi connectivity index (χ2v) is 6.81. The molecular weight excluding hydrogens is 236 g/mol. The zero-order valence-corrected chi connectivity index (χ0v) is 11.1. The van der Waals surface area contributed by atoms with E-state index in [-0.39, 0.29) is 12.6 Å². The SMILES string of the molecule is Cc1cc(C)c2c(c1)NC(C)C(CN)S2(=O)=O. The summed E-state index contributed by atoms with van der Waals surface area (Å²) in [5, 5.41) is 2.69. The van der Waals surface area contributed by atoms with Crippen LogP contribution in [0.2, 0.25) is 0 Å². The lowest BCUT2D eigenvalue weighted by Crippen LogP contribution is -2.46. The molecule has 5 heteroatoms. The molecule has 0 amide bonds. The van der Waals surface area contributed by atoms with Gasteiger partial charge in [0, 0.05) is 12.6 Å². The van der Waals surface area contributed by atoms with Crippen molar-refractivity contribution in [3.05, 3.63) is 23.3 Å². The second kappa shape index (κ2) is 3.99. The first-order chi connectivity index (χ1) is 7.87. The summed E-state index contributed by atoms with van der Waals surface area (Å²) in [5.74, 6) is 0. The van der Waals surface area contributed by atoms with E-state index in [1.54, 1.807) is 0 Å². The summed E-state index contributed by atoms with van der Waals surface area (Å²) in [6.45, 7) is 5.79. The zero-order chi connectivity index (χ0) is 12.8. The van der Waals surface area contributed by atoms with Crippen molar-refractivity contribution in [1.82, 2.24) is 0 Å². The fraction of sp³-hybridized carbons (Fsp3) is 0.500. The van der Waals surface area contributed by atoms with E-state index in [0.29, 0.717) is 10.6 Å². The van der Waals surface area contributed by atoms with Crippen molar-refractivity contribution < 1.29 is 8.42 Å². The lowest BCUT2D eigenvalue weighted by molar-refractivity contribution is 0.560. The Morgan fingerprint density at radius 2 is 2.00 bits per heavy atom. The lowest BCUT2D eigenvalue weighted by Gasteiger charge is -2.32. The number of nitrogens with two attached hydrogens (primary N) is 1. The maximum Gasteiger partial charge on any atom is 0.186 e. The van der Waals surface area contributed by atoms with E-state index in [9.17, 15) is 8.42 Å². The molecule has 0 saturated heterocycles. The number of hydrogen-bond acceptors (Lipinski definition) is 4. The highest BCUT2D eigenvalue weighted by molar-refractivity contribution is 7.92. The van der Waals surface area contributed by atoms with E-state index in [2.05, 4.69) is 5.32 Å². The molecular formula is C12H18N2O2S. The quantitative estimate of drug-likeness (QED) is 0.790. The van der Waals surface area contributed by atoms with Crippen LogP contribution in [0.4, 0.5) is 5.69 Å². The molecule has 94 valence electrons. The van der Waals surface area contributed by atoms with Crippen LogP contribution in [0.5, 0.6) is 0 Å². The largest absolute Gasteiger partial charge is 0.380 e. The van der Waals surface area contributed by atoms with Crippen molar-refractivity contribution in [3.63, 3.8) is 0 Å². The highest BCUT2D eigenvalue weighted by Gasteiger charge is 2.38. The first-order valence-corrected chi connectivity index (χ1v) is 7.24. The van der Waals surface area contributed by atoms with Gasteiger partial charge >= 0.3 is 0 Å². The van der Waals surface area contributed by atoms with Gasteiger partial charge in [0.05, 0.1) is 15.8 Å². The third kappa shape index (κ3) is 1.83. The zero-order valence-electron chi connectivity index (χ0n) is 10.3. The Balaban J connectivity index is 2.71. The van der Waals surface area contributed by atoms with Crippen LogP contribution >= 0.6 is 0 Å². The summed E-state index contributed by atoms with van der Waals surface area (Å²) >= 11 is 0. The average Bonchev–Trinajstić information content (AvgIpc) is 2.14. The standard InChI is InChI=1S/C12H18N2O2S/c1-7-4-8(2)12-10(5-7)14-9(3)11(6-13)17(12,15)16/h4-5,9,11,14H,6,13H2,1-3H3. The summed E-state index contributed by atoms with van der Waals surface area (Å²) in [5.41, 5.74) is 8.14. The first-order valence-electron chi connectivity index (χ1n) is 5.69. The smallest absolute Gasteiger partial charge is 0.186 e. The molecule has 2 unspecified atom stereocenters. The molecule has 2 rings (SSSR count). The minimum atomic E-state index is -3.32. The number of hydrogen-bond donors (Lipinski definition) is 2. The van der Waals surface area contributed by atoms with Gasteiger partial charge in [-0.3, -0.25) is 0 Å². The van der Waals surface area contributed by atoms with Gasteiger partial charge in [0.2, 0.25) is 0 Å². The Bertz CT molecular complexity index is 552. The molecule has 0 saturated carbocycles. The van der Waals surface area contributed by atoms with Crippen molar-refractivity contribution in [3.8, 4) is 0 Å². The van der Waals surface area contributed by atoms with Crippen LogP contribution in [0.25, 0.3) is 0 Å². The van der Waals surface area contributed by atoms with Crippen LogP contribution in [-0.4, -0.2) is 26.3 Å². The molecule has 0 aliphatic carbocycles. The van der Waals surface area contributed by atoms with E-state index in [0.717, 1.165) is 11.1 Å². The molecule has 0 spiro atoms. The van der Waals surface area contributed by atoms with E-state index in [4.69, 9.17) is 5.73 Å². The van der Waals surface area contributed by atoms with Crippen LogP contribution < -0.4 is 11.1 Å². The van der Waals surface area contributed by atoms with Crippen molar-refractivity contribution in [2.24, 2.45) is 5.73 Å². The van der Waals surface area contributed by atoms with Crippen LogP contribution in [-0.2, 0) is 9.84 Å². The minimum absolute atomic E-state index is 0.142. The summed E-state index contributed by atoms with van der Waals surface area (Å²) in [6.07, 6.45) is 0. The summed E-state index contributed by atoms with van der Waals surface area (Å²) < 4.78 is 24.9. The van der Waals surface area contributed by atoms with Crippen molar-refractivity contribution >= 4 is 15.5 Å². The predicted molar refractivity (Wildman–Crippen MR) is 69.0 cm³/mol. The maximum absolute atomic E-state index is 12.5. The molecule has 1 aliphatic heterocycles. The van der Waals surface area contributed by atoms with Gasteiger partial charge in [0.15, 0.2) is 9.84 Å². The number of fused-ring (bicyclic) bond motifs is 1. The number of sulfone groups is 1. The number of aryl methyl sites for hydroxylation is 2. The Labute approximate surface area is 102 Å². The number of nitrogens with one attached hydrogen (secondary N) is 1. The Morgan fingerprint density at radius 3 is 2.59 bits per heavy atom. The second-order valence-electron chi connectivity index (χ2n) is 4.71. The van der Waals surface area contributed by atoms with E-state index < -0.39 is 15.1 Å². The topological polar surface area (TPSA) is 72.2 Å². The van der Waals surface area contributed by atoms with Crippen LogP contribution in [0.15, 0.2) is 17.0 Å². The number of benzene rings is 1. The summed E-state index contributed by atoms with van der Waals surface area (Å²) in [7, 11) is -3.32. The maximum atomic E-state index is 12.5. The molecule has 1 aromatic rings. The third-order valence-corrected chi connectivity index (χ3v) is 5.78. The molecule has 3 N–H and O–H groups in total. The van der Waals surface area contributed by atoms with E-state index in [1.807, 2.05) is 32.9 Å². The average molecular weight is 254 g/mol. The van der Waals surface area contributed by atoms with Crippen LogP contribution in [0.1, 0.15) is 18.1 Å². The van der Waals surface area contributed by atoms with Crippen molar-refractivity contribution in [2.45, 2.75) is 37.0 Å². The Hall–Kier alpha value is -1.07. The fourth-order valence-corrected chi connectivity index (χ4v) is 4.62. The van der Waals surface area contributed by atoms with Crippen molar-refractivity contribution in [1.29, 1.82) is 0 Å². The Kier molecular flexibility index (Phi) is 2.91. The lowest BCUT2D eigenvalue weighted by atomic mass is 10.1. The summed E-state index contributed by atoms with van der Waals surface area (Å²) in [4.78, 5) is 0.414. The minimum Gasteiger partial charge on any atom is -0.380 e. The molecule has 1 heterocycles. The molecule has 0 radical (unpaired) electrons. The Morgan fingerprint density at radius 1 is 1.35 bits per heavy atom. The highest BCUT2D eigenvalue weighted by Crippen LogP contribution is 2.35. The third-order valence-electron chi connectivity index (χ3n) is 3.28. The molecule has 17 heavy (non-hydrogen) atoms. The molecule has 0 aromatic heterocycles. The van der Waals surface area contributed by atoms with Gasteiger partial charge in [-0.2, -0.15) is 0 Å². The van der Waals surface area contributed by atoms with Crippen LogP contribution in [0, 0.1) is 13.8 Å². The molecule has 1 aromatic carbocycles. The molecule has 0 bridgehead atoms. The number of anilines is 1. The van der Waals surface area contributed by atoms with Gasteiger partial charge in [0.25, 0.3) is 0 Å². The normalized spacial score (nSPS) is 26.1. The molecule has 2 atom stereocenters.